The van der Waals surface area contributed by atoms with Crippen LogP contribution >= 0.6 is 0 Å². The minimum Gasteiger partial charge on any atom is -0.489 e. The van der Waals surface area contributed by atoms with Crippen LogP contribution in [0.1, 0.15) is 21.6 Å². The van der Waals surface area contributed by atoms with E-state index in [2.05, 4.69) is 10.3 Å². The first-order chi connectivity index (χ1) is 10.7. The Balaban J connectivity index is 1.68. The fraction of sp³-hybridized carbons (Fsp3) is 0.118. The molecule has 0 saturated carbocycles. The summed E-state index contributed by atoms with van der Waals surface area (Å²) in [7, 11) is 1.69. The molecule has 1 aromatic heterocycles. The molecule has 110 valence electrons. The molecule has 22 heavy (non-hydrogen) atoms. The predicted octanol–water partition coefficient (Wildman–Crippen LogP) is 2.63. The van der Waals surface area contributed by atoms with Gasteiger partial charge in [0.05, 0.1) is 6.20 Å². The largest absolute Gasteiger partial charge is 0.489 e. The van der Waals surface area contributed by atoms with Gasteiger partial charge in [0.1, 0.15) is 18.1 Å². The molecule has 2 aromatic carbocycles. The van der Waals surface area contributed by atoms with E-state index >= 15 is 0 Å². The Morgan fingerprint density at radius 1 is 1.09 bits per heavy atom. The molecule has 0 spiro atoms. The van der Waals surface area contributed by atoms with Gasteiger partial charge in [0.2, 0.25) is 5.78 Å². The van der Waals surface area contributed by atoms with Crippen molar-refractivity contribution in [2.75, 3.05) is 0 Å². The van der Waals surface area contributed by atoms with Crippen LogP contribution in [0.25, 0.3) is 0 Å². The van der Waals surface area contributed by atoms with Gasteiger partial charge in [0, 0.05) is 12.6 Å². The number of hydrogen-bond donors (Lipinski definition) is 0. The fourth-order valence-electron chi connectivity index (χ4n) is 2.09. The maximum atomic E-state index is 12.3. The summed E-state index contributed by atoms with van der Waals surface area (Å²) in [6, 6.07) is 17.0. The van der Waals surface area contributed by atoms with Crippen molar-refractivity contribution in [2.24, 2.45) is 7.05 Å². The summed E-state index contributed by atoms with van der Waals surface area (Å²) in [5, 5.41) is 7.48. The molecule has 0 aliphatic heterocycles. The summed E-state index contributed by atoms with van der Waals surface area (Å²) in [5.74, 6) is 0.616. The summed E-state index contributed by atoms with van der Waals surface area (Å²) < 4.78 is 7.16. The average molecular weight is 293 g/mol. The number of rotatable bonds is 5. The highest BCUT2D eigenvalue weighted by Gasteiger charge is 2.13. The zero-order chi connectivity index (χ0) is 15.4. The molecule has 5 heteroatoms. The molecule has 0 radical (unpaired) electrons. The molecule has 3 aromatic rings. The molecule has 1 heterocycles. The van der Waals surface area contributed by atoms with Gasteiger partial charge >= 0.3 is 0 Å². The quantitative estimate of drug-likeness (QED) is 0.679. The highest BCUT2D eigenvalue weighted by Crippen LogP contribution is 2.16. The lowest BCUT2D eigenvalue weighted by Gasteiger charge is -2.07. The van der Waals surface area contributed by atoms with Gasteiger partial charge in [-0.15, -0.1) is 5.10 Å². The smallest absolute Gasteiger partial charge is 0.212 e. The molecule has 0 saturated heterocycles. The van der Waals surface area contributed by atoms with Crippen LogP contribution in [0.5, 0.6) is 5.75 Å². The van der Waals surface area contributed by atoms with Crippen LogP contribution in [-0.4, -0.2) is 20.8 Å². The number of ketones is 1. The summed E-state index contributed by atoms with van der Waals surface area (Å²) in [6.45, 7) is 0.500. The third-order valence-corrected chi connectivity index (χ3v) is 3.31. The fourth-order valence-corrected chi connectivity index (χ4v) is 2.09. The van der Waals surface area contributed by atoms with Gasteiger partial charge in [0.25, 0.3) is 0 Å². The number of carbonyl (C=O) groups excluding carboxylic acids is 1. The normalized spacial score (nSPS) is 10.4. The van der Waals surface area contributed by atoms with Gasteiger partial charge in [-0.2, -0.15) is 0 Å². The average Bonchev–Trinajstić information content (AvgIpc) is 3.00. The maximum absolute atomic E-state index is 12.3. The zero-order valence-electron chi connectivity index (χ0n) is 12.1. The Morgan fingerprint density at radius 3 is 2.45 bits per heavy atom. The van der Waals surface area contributed by atoms with E-state index in [4.69, 9.17) is 4.74 Å². The zero-order valence-corrected chi connectivity index (χ0v) is 12.1. The van der Waals surface area contributed by atoms with Crippen molar-refractivity contribution in [1.82, 2.24) is 15.0 Å². The lowest BCUT2D eigenvalue weighted by molar-refractivity contribution is 0.103. The van der Waals surface area contributed by atoms with Crippen molar-refractivity contribution < 1.29 is 9.53 Å². The molecule has 5 nitrogen and oxygen atoms in total. The number of aryl methyl sites for hydroxylation is 1. The van der Waals surface area contributed by atoms with E-state index in [-0.39, 0.29) is 5.78 Å². The molecule has 0 fully saturated rings. The second-order valence-corrected chi connectivity index (χ2v) is 4.87. The highest BCUT2D eigenvalue weighted by atomic mass is 16.5. The van der Waals surface area contributed by atoms with Crippen LogP contribution in [0.4, 0.5) is 0 Å². The summed E-state index contributed by atoms with van der Waals surface area (Å²) >= 11 is 0. The van der Waals surface area contributed by atoms with Crippen LogP contribution in [0.3, 0.4) is 0 Å². The summed E-state index contributed by atoms with van der Waals surface area (Å²) in [4.78, 5) is 12.3. The van der Waals surface area contributed by atoms with E-state index in [9.17, 15) is 4.79 Å². The third kappa shape index (κ3) is 3.03. The van der Waals surface area contributed by atoms with Gasteiger partial charge < -0.3 is 4.74 Å². The Hall–Kier alpha value is -2.95. The molecular formula is C17H15N3O2. The number of aromatic nitrogens is 3. The van der Waals surface area contributed by atoms with Crippen LogP contribution in [0, 0.1) is 0 Å². The van der Waals surface area contributed by atoms with Crippen molar-refractivity contribution in [3.05, 3.63) is 77.6 Å². The maximum Gasteiger partial charge on any atom is 0.212 e. The van der Waals surface area contributed by atoms with E-state index in [1.807, 2.05) is 30.3 Å². The van der Waals surface area contributed by atoms with Crippen molar-refractivity contribution in [3.63, 3.8) is 0 Å². The SMILES string of the molecule is Cn1nncc1C(=O)c1ccc(OCc2ccccc2)cc1. The van der Waals surface area contributed by atoms with E-state index in [1.165, 1.54) is 10.9 Å². The topological polar surface area (TPSA) is 57.0 Å². The minimum absolute atomic E-state index is 0.109. The lowest BCUT2D eigenvalue weighted by atomic mass is 10.1. The first-order valence-electron chi connectivity index (χ1n) is 6.90. The van der Waals surface area contributed by atoms with Crippen molar-refractivity contribution >= 4 is 5.78 Å². The minimum atomic E-state index is -0.109. The van der Waals surface area contributed by atoms with E-state index in [1.54, 1.807) is 31.3 Å². The standard InChI is InChI=1S/C17H15N3O2/c1-20-16(11-18-19-20)17(21)14-7-9-15(10-8-14)22-12-13-5-3-2-4-6-13/h2-11H,12H2,1H3. The molecule has 3 rings (SSSR count). The molecule has 0 aliphatic carbocycles. The Labute approximate surface area is 128 Å². The van der Waals surface area contributed by atoms with Gasteiger partial charge in [-0.05, 0) is 29.8 Å². The van der Waals surface area contributed by atoms with Gasteiger partial charge in [-0.1, -0.05) is 35.5 Å². The lowest BCUT2D eigenvalue weighted by Crippen LogP contribution is -2.08. The van der Waals surface area contributed by atoms with Crippen molar-refractivity contribution in [3.8, 4) is 5.75 Å². The predicted molar refractivity (Wildman–Crippen MR) is 81.7 cm³/mol. The third-order valence-electron chi connectivity index (χ3n) is 3.31. The number of benzene rings is 2. The molecule has 0 amide bonds. The Kier molecular flexibility index (Phi) is 3.96. The second kappa shape index (κ2) is 6.22. The summed E-state index contributed by atoms with van der Waals surface area (Å²) in [6.07, 6.45) is 1.46. The van der Waals surface area contributed by atoms with Crippen LogP contribution < -0.4 is 4.74 Å². The number of carbonyl (C=O) groups is 1. The van der Waals surface area contributed by atoms with Gasteiger partial charge in [-0.3, -0.25) is 4.79 Å². The molecule has 0 atom stereocenters. The first-order valence-corrected chi connectivity index (χ1v) is 6.90. The molecule has 0 N–H and O–H groups in total. The van der Waals surface area contributed by atoms with Gasteiger partial charge in [-0.25, -0.2) is 4.68 Å². The number of nitrogens with zero attached hydrogens (tertiary/aromatic N) is 3. The Bertz CT molecular complexity index is 764. The van der Waals surface area contributed by atoms with Crippen molar-refractivity contribution in [1.29, 1.82) is 0 Å². The van der Waals surface area contributed by atoms with Crippen LogP contribution in [-0.2, 0) is 13.7 Å². The van der Waals surface area contributed by atoms with Crippen LogP contribution in [0.15, 0.2) is 60.8 Å². The van der Waals surface area contributed by atoms with E-state index in [0.29, 0.717) is 17.9 Å². The molecule has 0 unspecified atom stereocenters. The molecule has 0 aliphatic rings. The van der Waals surface area contributed by atoms with E-state index in [0.717, 1.165) is 11.3 Å². The van der Waals surface area contributed by atoms with Crippen molar-refractivity contribution in [2.45, 2.75) is 6.61 Å². The van der Waals surface area contributed by atoms with E-state index < -0.39 is 0 Å². The monoisotopic (exact) mass is 293 g/mol. The molecule has 0 bridgehead atoms. The highest BCUT2D eigenvalue weighted by molar-refractivity contribution is 6.07. The number of hydrogen-bond acceptors (Lipinski definition) is 4. The van der Waals surface area contributed by atoms with Crippen LogP contribution in [0.2, 0.25) is 0 Å². The summed E-state index contributed by atoms with van der Waals surface area (Å²) in [5.41, 5.74) is 2.14. The Morgan fingerprint density at radius 2 is 1.82 bits per heavy atom. The number of ether oxygens (including phenoxy) is 1. The molecular weight excluding hydrogens is 278 g/mol. The van der Waals surface area contributed by atoms with Gasteiger partial charge in [0.15, 0.2) is 0 Å². The first kappa shape index (κ1) is 14.0. The second-order valence-electron chi connectivity index (χ2n) is 4.87.